The summed E-state index contributed by atoms with van der Waals surface area (Å²) in [6.07, 6.45) is 3.27. The number of anilines is 3. The average molecular weight is 403 g/mol. The van der Waals surface area contributed by atoms with Crippen LogP contribution < -0.4 is 19.9 Å². The molecule has 30 heavy (non-hydrogen) atoms. The fourth-order valence-corrected chi connectivity index (χ4v) is 3.33. The Morgan fingerprint density at radius 2 is 1.57 bits per heavy atom. The molecule has 1 saturated heterocycles. The number of rotatable bonds is 6. The first-order valence-corrected chi connectivity index (χ1v) is 10.0. The van der Waals surface area contributed by atoms with Crippen LogP contribution in [-0.4, -0.2) is 48.7 Å². The van der Waals surface area contributed by atoms with Gasteiger partial charge < -0.3 is 19.9 Å². The summed E-state index contributed by atoms with van der Waals surface area (Å²) in [5, 5.41) is 2.77. The summed E-state index contributed by atoms with van der Waals surface area (Å²) in [6.45, 7) is 5.48. The summed E-state index contributed by atoms with van der Waals surface area (Å²) in [4.78, 5) is 25.5. The summed E-state index contributed by atoms with van der Waals surface area (Å²) in [5.74, 6) is 1.09. The third-order valence-corrected chi connectivity index (χ3v) is 5.00. The topological polar surface area (TPSA) is 70.6 Å². The maximum absolute atomic E-state index is 12.1. The van der Waals surface area contributed by atoms with Gasteiger partial charge in [-0.2, -0.15) is 0 Å². The molecule has 1 amide bonds. The quantitative estimate of drug-likeness (QED) is 0.682. The molecule has 0 radical (unpaired) electrons. The summed E-state index contributed by atoms with van der Waals surface area (Å²) < 4.78 is 5.49. The lowest BCUT2D eigenvalue weighted by Gasteiger charge is -2.36. The van der Waals surface area contributed by atoms with Crippen LogP contribution in [0.1, 0.15) is 5.56 Å². The fraction of sp³-hybridized carbons (Fsp3) is 0.261. The van der Waals surface area contributed by atoms with Crippen molar-refractivity contribution in [3.05, 3.63) is 72.6 Å². The van der Waals surface area contributed by atoms with E-state index >= 15 is 0 Å². The summed E-state index contributed by atoms with van der Waals surface area (Å²) >= 11 is 0. The molecule has 2 heterocycles. The van der Waals surface area contributed by atoms with E-state index in [1.54, 1.807) is 12.4 Å². The molecule has 0 aliphatic carbocycles. The van der Waals surface area contributed by atoms with Crippen LogP contribution in [0.5, 0.6) is 5.75 Å². The third-order valence-electron chi connectivity index (χ3n) is 5.00. The lowest BCUT2D eigenvalue weighted by Crippen LogP contribution is -2.47. The number of nitrogens with one attached hydrogen (secondary N) is 1. The number of amides is 1. The Morgan fingerprint density at radius 3 is 2.23 bits per heavy atom. The van der Waals surface area contributed by atoms with Crippen LogP contribution in [0.25, 0.3) is 0 Å². The molecular weight excluding hydrogens is 378 g/mol. The summed E-state index contributed by atoms with van der Waals surface area (Å²) in [5.41, 5.74) is 2.94. The van der Waals surface area contributed by atoms with Crippen LogP contribution >= 0.6 is 0 Å². The van der Waals surface area contributed by atoms with Crippen LogP contribution in [0.15, 0.2) is 67.0 Å². The second kappa shape index (κ2) is 9.26. The number of ether oxygens (including phenoxy) is 1. The molecule has 1 fully saturated rings. The maximum Gasteiger partial charge on any atom is 0.262 e. The van der Waals surface area contributed by atoms with Crippen LogP contribution in [0.2, 0.25) is 0 Å². The van der Waals surface area contributed by atoms with E-state index in [1.807, 2.05) is 37.3 Å². The highest BCUT2D eigenvalue weighted by atomic mass is 16.5. The second-order valence-electron chi connectivity index (χ2n) is 7.23. The van der Waals surface area contributed by atoms with E-state index in [4.69, 9.17) is 4.74 Å². The third kappa shape index (κ3) is 5.05. The van der Waals surface area contributed by atoms with Crippen molar-refractivity contribution in [2.75, 3.05) is 47.9 Å². The van der Waals surface area contributed by atoms with Crippen molar-refractivity contribution in [3.8, 4) is 5.75 Å². The number of hydrogen-bond acceptors (Lipinski definition) is 6. The Bertz CT molecular complexity index is 953. The molecule has 0 spiro atoms. The van der Waals surface area contributed by atoms with Crippen molar-refractivity contribution in [1.29, 1.82) is 0 Å². The molecule has 1 aromatic heterocycles. The average Bonchev–Trinajstić information content (AvgIpc) is 2.80. The maximum atomic E-state index is 12.1. The molecule has 1 aliphatic rings. The van der Waals surface area contributed by atoms with Gasteiger partial charge in [-0.25, -0.2) is 9.97 Å². The van der Waals surface area contributed by atoms with Crippen molar-refractivity contribution < 1.29 is 9.53 Å². The van der Waals surface area contributed by atoms with Crippen molar-refractivity contribution in [2.45, 2.75) is 6.92 Å². The van der Waals surface area contributed by atoms with Gasteiger partial charge in [-0.05, 0) is 31.2 Å². The van der Waals surface area contributed by atoms with Crippen LogP contribution in [0.3, 0.4) is 0 Å². The number of aromatic nitrogens is 2. The largest absolute Gasteiger partial charge is 0.484 e. The number of nitrogens with zero attached hydrogens (tertiary/aromatic N) is 4. The van der Waals surface area contributed by atoms with Gasteiger partial charge in [-0.1, -0.05) is 35.9 Å². The highest BCUT2D eigenvalue weighted by molar-refractivity contribution is 5.91. The number of aryl methyl sites for hydroxylation is 1. The number of hydrogen-bond donors (Lipinski definition) is 1. The van der Waals surface area contributed by atoms with Gasteiger partial charge in [0.15, 0.2) is 6.61 Å². The molecule has 0 atom stereocenters. The molecule has 7 nitrogen and oxygen atoms in total. The summed E-state index contributed by atoms with van der Waals surface area (Å²) in [7, 11) is 0. The fourth-order valence-electron chi connectivity index (χ4n) is 3.33. The van der Waals surface area contributed by atoms with Crippen molar-refractivity contribution >= 4 is 23.2 Å². The number of piperazine rings is 1. The van der Waals surface area contributed by atoms with E-state index < -0.39 is 0 Å². The lowest BCUT2D eigenvalue weighted by atomic mass is 10.2. The molecule has 154 valence electrons. The van der Waals surface area contributed by atoms with Gasteiger partial charge in [0.2, 0.25) is 5.95 Å². The minimum atomic E-state index is -0.247. The minimum absolute atomic E-state index is 0.0632. The zero-order valence-electron chi connectivity index (χ0n) is 17.0. The predicted molar refractivity (Wildman–Crippen MR) is 118 cm³/mol. The van der Waals surface area contributed by atoms with E-state index in [1.165, 1.54) is 5.69 Å². The van der Waals surface area contributed by atoms with E-state index in [0.717, 1.165) is 31.7 Å². The Hall–Kier alpha value is -3.61. The van der Waals surface area contributed by atoms with Crippen molar-refractivity contribution in [3.63, 3.8) is 0 Å². The Balaban J connectivity index is 1.26. The van der Waals surface area contributed by atoms with Gasteiger partial charge in [-0.3, -0.25) is 4.79 Å². The van der Waals surface area contributed by atoms with E-state index in [0.29, 0.717) is 17.4 Å². The van der Waals surface area contributed by atoms with Crippen LogP contribution in [0, 0.1) is 6.92 Å². The molecule has 7 heteroatoms. The number of carbonyl (C=O) groups excluding carboxylic acids is 1. The first-order valence-electron chi connectivity index (χ1n) is 10.0. The zero-order chi connectivity index (χ0) is 20.8. The second-order valence-corrected chi connectivity index (χ2v) is 7.23. The molecule has 0 saturated carbocycles. The van der Waals surface area contributed by atoms with Gasteiger partial charge in [-0.15, -0.1) is 0 Å². The molecule has 1 N–H and O–H groups in total. The first kappa shape index (κ1) is 19.7. The van der Waals surface area contributed by atoms with E-state index in [-0.39, 0.29) is 12.5 Å². The van der Waals surface area contributed by atoms with Gasteiger partial charge in [0.1, 0.15) is 5.75 Å². The Kier molecular flexibility index (Phi) is 6.08. The normalized spacial score (nSPS) is 13.8. The van der Waals surface area contributed by atoms with Gasteiger partial charge in [0.05, 0.1) is 18.1 Å². The molecule has 3 aromatic rings. The minimum Gasteiger partial charge on any atom is -0.484 e. The summed E-state index contributed by atoms with van der Waals surface area (Å²) in [6, 6.07) is 18.0. The van der Waals surface area contributed by atoms with Crippen molar-refractivity contribution in [1.82, 2.24) is 9.97 Å². The van der Waals surface area contributed by atoms with Crippen LogP contribution in [0.4, 0.5) is 17.3 Å². The zero-order valence-corrected chi connectivity index (χ0v) is 17.0. The van der Waals surface area contributed by atoms with Gasteiger partial charge in [0, 0.05) is 31.9 Å². The van der Waals surface area contributed by atoms with E-state index in [2.05, 4.69) is 49.4 Å². The smallest absolute Gasteiger partial charge is 0.262 e. The molecule has 0 unspecified atom stereocenters. The van der Waals surface area contributed by atoms with Gasteiger partial charge in [0.25, 0.3) is 5.91 Å². The Morgan fingerprint density at radius 1 is 0.933 bits per heavy atom. The molecule has 1 aliphatic heterocycles. The first-order chi connectivity index (χ1) is 14.7. The predicted octanol–water partition coefficient (Wildman–Crippen LogP) is 3.13. The van der Waals surface area contributed by atoms with Crippen LogP contribution in [-0.2, 0) is 4.79 Å². The van der Waals surface area contributed by atoms with E-state index in [9.17, 15) is 4.79 Å². The standard InChI is InChI=1S/C23H25N5O2/c1-18-7-9-21(10-8-18)30-17-22(29)26-19-15-24-23(25-16-19)28-13-11-27(12-14-28)20-5-3-2-4-6-20/h2-10,15-16H,11-14,17H2,1H3,(H,26,29). The number of carbonyl (C=O) groups is 1. The molecule has 2 aromatic carbocycles. The highest BCUT2D eigenvalue weighted by Crippen LogP contribution is 2.18. The van der Waals surface area contributed by atoms with Gasteiger partial charge >= 0.3 is 0 Å². The lowest BCUT2D eigenvalue weighted by molar-refractivity contribution is -0.118. The number of para-hydroxylation sites is 1. The number of benzene rings is 2. The molecule has 0 bridgehead atoms. The monoisotopic (exact) mass is 403 g/mol. The Labute approximate surface area is 176 Å². The molecule has 4 rings (SSSR count). The SMILES string of the molecule is Cc1ccc(OCC(=O)Nc2cnc(N3CCN(c4ccccc4)CC3)nc2)cc1. The van der Waals surface area contributed by atoms with Crippen molar-refractivity contribution in [2.24, 2.45) is 0 Å². The molecular formula is C23H25N5O2. The highest BCUT2D eigenvalue weighted by Gasteiger charge is 2.19.